The first-order chi connectivity index (χ1) is 8.90. The first kappa shape index (κ1) is 13.9. The Kier molecular flexibility index (Phi) is 3.80. The van der Waals surface area contributed by atoms with E-state index < -0.39 is 18.5 Å². The molecule has 104 valence electrons. The highest BCUT2D eigenvalue weighted by atomic mass is 19.4. The molecule has 0 aliphatic carbocycles. The molecule has 1 aromatic carbocycles. The number of hydrogen-bond acceptors (Lipinski definition) is 2. The van der Waals surface area contributed by atoms with Gasteiger partial charge in [0.1, 0.15) is 6.42 Å². The minimum atomic E-state index is -4.47. The summed E-state index contributed by atoms with van der Waals surface area (Å²) in [5, 5.41) is 3.02. The van der Waals surface area contributed by atoms with Crippen LogP contribution in [0, 0.1) is 0 Å². The molecule has 2 rings (SSSR count). The van der Waals surface area contributed by atoms with Crippen LogP contribution < -0.4 is 10.2 Å². The van der Waals surface area contributed by atoms with Crippen LogP contribution in [0.1, 0.15) is 12.0 Å². The van der Waals surface area contributed by atoms with Gasteiger partial charge in [-0.25, -0.2) is 0 Å². The normalized spacial score (nSPS) is 19.2. The molecule has 1 heterocycles. The number of carbonyl (C=O) groups excluding carboxylic acids is 1. The summed E-state index contributed by atoms with van der Waals surface area (Å²) in [6.07, 6.45) is -5.18. The van der Waals surface area contributed by atoms with Gasteiger partial charge in [0.15, 0.2) is 0 Å². The van der Waals surface area contributed by atoms with E-state index in [1.54, 1.807) is 19.2 Å². The molecule has 0 bridgehead atoms. The summed E-state index contributed by atoms with van der Waals surface area (Å²) in [5.74, 6) is -0.903. The van der Waals surface area contributed by atoms with Gasteiger partial charge < -0.3 is 10.2 Å². The summed E-state index contributed by atoms with van der Waals surface area (Å²) in [6, 6.07) is 7.06. The van der Waals surface area contributed by atoms with Crippen molar-refractivity contribution in [1.29, 1.82) is 0 Å². The third kappa shape index (κ3) is 3.26. The lowest BCUT2D eigenvalue weighted by Gasteiger charge is -2.34. The molecule has 0 radical (unpaired) electrons. The second kappa shape index (κ2) is 5.21. The second-order valence-corrected chi connectivity index (χ2v) is 4.61. The maximum absolute atomic E-state index is 12.4. The Morgan fingerprint density at radius 3 is 2.74 bits per heavy atom. The molecule has 0 aromatic heterocycles. The quantitative estimate of drug-likeness (QED) is 0.894. The van der Waals surface area contributed by atoms with Crippen molar-refractivity contribution in [3.05, 3.63) is 29.8 Å². The summed E-state index contributed by atoms with van der Waals surface area (Å²) >= 11 is 0. The van der Waals surface area contributed by atoms with Gasteiger partial charge in [-0.05, 0) is 25.1 Å². The lowest BCUT2D eigenvalue weighted by atomic mass is 9.97. The first-order valence-corrected chi connectivity index (χ1v) is 6.03. The molecule has 6 heteroatoms. The zero-order valence-corrected chi connectivity index (χ0v) is 10.5. The topological polar surface area (TPSA) is 32.3 Å². The Morgan fingerprint density at radius 2 is 2.11 bits per heavy atom. The van der Waals surface area contributed by atoms with E-state index in [-0.39, 0.29) is 12.6 Å². The highest BCUT2D eigenvalue weighted by Gasteiger charge is 2.36. The number of anilines is 1. The first-order valence-electron chi connectivity index (χ1n) is 6.03. The van der Waals surface area contributed by atoms with Crippen LogP contribution in [0.25, 0.3) is 0 Å². The molecule has 3 nitrogen and oxygen atoms in total. The molecule has 0 unspecified atom stereocenters. The van der Waals surface area contributed by atoms with Gasteiger partial charge in [-0.2, -0.15) is 13.2 Å². The number of rotatable bonds is 2. The highest BCUT2D eigenvalue weighted by molar-refractivity contribution is 5.95. The Bertz CT molecular complexity index is 473. The molecule has 1 amide bonds. The summed E-state index contributed by atoms with van der Waals surface area (Å²) in [4.78, 5) is 13.0. The van der Waals surface area contributed by atoms with Crippen LogP contribution in [0.4, 0.5) is 18.9 Å². The van der Waals surface area contributed by atoms with E-state index in [9.17, 15) is 18.0 Å². The van der Waals surface area contributed by atoms with E-state index >= 15 is 0 Å². The molecule has 1 N–H and O–H groups in total. The average Bonchev–Trinajstić information content (AvgIpc) is 2.35. The van der Waals surface area contributed by atoms with Crippen molar-refractivity contribution >= 4 is 11.6 Å². The third-order valence-electron chi connectivity index (χ3n) is 3.21. The Morgan fingerprint density at radius 1 is 1.42 bits per heavy atom. The number of benzene rings is 1. The lowest BCUT2D eigenvalue weighted by Crippen LogP contribution is -2.48. The minimum Gasteiger partial charge on any atom is -0.315 e. The van der Waals surface area contributed by atoms with Crippen molar-refractivity contribution in [2.75, 3.05) is 18.5 Å². The van der Waals surface area contributed by atoms with E-state index in [2.05, 4.69) is 5.32 Å². The standard InChI is InChI=1S/C13H15F3N2O/c1-17-10-6-9-4-2-3-5-11(9)18(8-10)12(19)7-13(14,15)16/h2-5,10,17H,6-8H2,1H3/t10-/m1/s1. The lowest BCUT2D eigenvalue weighted by molar-refractivity contribution is -0.152. The van der Waals surface area contributed by atoms with E-state index in [1.165, 1.54) is 4.90 Å². The summed E-state index contributed by atoms with van der Waals surface area (Å²) in [7, 11) is 1.74. The predicted molar refractivity (Wildman–Crippen MR) is 66.0 cm³/mol. The van der Waals surface area contributed by atoms with Gasteiger partial charge in [0, 0.05) is 18.3 Å². The number of carbonyl (C=O) groups is 1. The zero-order valence-electron chi connectivity index (χ0n) is 10.5. The van der Waals surface area contributed by atoms with E-state index in [1.807, 2.05) is 12.1 Å². The Balaban J connectivity index is 2.27. The molecule has 0 spiro atoms. The number of para-hydroxylation sites is 1. The number of halogens is 3. The average molecular weight is 272 g/mol. The number of nitrogens with zero attached hydrogens (tertiary/aromatic N) is 1. The molecule has 19 heavy (non-hydrogen) atoms. The van der Waals surface area contributed by atoms with Gasteiger partial charge in [-0.3, -0.25) is 4.79 Å². The van der Waals surface area contributed by atoms with Crippen LogP contribution in [-0.4, -0.2) is 31.7 Å². The van der Waals surface area contributed by atoms with Crippen molar-refractivity contribution in [3.8, 4) is 0 Å². The third-order valence-corrected chi connectivity index (χ3v) is 3.21. The van der Waals surface area contributed by atoms with Gasteiger partial charge >= 0.3 is 6.18 Å². The molecule has 0 fully saturated rings. The van der Waals surface area contributed by atoms with Crippen molar-refractivity contribution in [2.45, 2.75) is 25.1 Å². The van der Waals surface area contributed by atoms with Gasteiger partial charge in [-0.1, -0.05) is 18.2 Å². The monoisotopic (exact) mass is 272 g/mol. The fraction of sp³-hybridized carbons (Fsp3) is 0.462. The number of likely N-dealkylation sites (N-methyl/N-ethyl adjacent to an activating group) is 1. The largest absolute Gasteiger partial charge is 0.397 e. The van der Waals surface area contributed by atoms with Crippen LogP contribution >= 0.6 is 0 Å². The molecule has 1 atom stereocenters. The number of amides is 1. The Hall–Kier alpha value is -1.56. The van der Waals surface area contributed by atoms with Crippen molar-refractivity contribution in [2.24, 2.45) is 0 Å². The summed E-state index contributed by atoms with van der Waals surface area (Å²) in [5.41, 5.74) is 1.48. The van der Waals surface area contributed by atoms with Crippen LogP contribution in [0.15, 0.2) is 24.3 Å². The van der Waals surface area contributed by atoms with Gasteiger partial charge in [0.2, 0.25) is 5.91 Å². The van der Waals surface area contributed by atoms with Gasteiger partial charge in [-0.15, -0.1) is 0 Å². The molecule has 0 saturated carbocycles. The minimum absolute atomic E-state index is 0.0212. The van der Waals surface area contributed by atoms with E-state index in [4.69, 9.17) is 0 Å². The number of nitrogens with one attached hydrogen (secondary N) is 1. The fourth-order valence-electron chi connectivity index (χ4n) is 2.29. The molecule has 1 aromatic rings. The zero-order chi connectivity index (χ0) is 14.0. The number of alkyl halides is 3. The number of hydrogen-bond donors (Lipinski definition) is 1. The van der Waals surface area contributed by atoms with Crippen molar-refractivity contribution < 1.29 is 18.0 Å². The van der Waals surface area contributed by atoms with Gasteiger partial charge in [0.05, 0.1) is 0 Å². The molecule has 0 saturated heterocycles. The van der Waals surface area contributed by atoms with Gasteiger partial charge in [0.25, 0.3) is 0 Å². The summed E-state index contributed by atoms with van der Waals surface area (Å²) < 4.78 is 37.1. The Labute approximate surface area is 109 Å². The fourth-order valence-corrected chi connectivity index (χ4v) is 2.29. The van der Waals surface area contributed by atoms with E-state index in [0.29, 0.717) is 12.1 Å². The van der Waals surface area contributed by atoms with Crippen LogP contribution in [0.3, 0.4) is 0 Å². The van der Waals surface area contributed by atoms with Crippen molar-refractivity contribution in [1.82, 2.24) is 5.32 Å². The van der Waals surface area contributed by atoms with Crippen LogP contribution in [-0.2, 0) is 11.2 Å². The SMILES string of the molecule is CN[C@@H]1Cc2ccccc2N(C(=O)CC(F)(F)F)C1. The number of fused-ring (bicyclic) bond motifs is 1. The molecular formula is C13H15F3N2O. The van der Waals surface area contributed by atoms with Crippen LogP contribution in [0.2, 0.25) is 0 Å². The van der Waals surface area contributed by atoms with E-state index in [0.717, 1.165) is 5.56 Å². The maximum atomic E-state index is 12.4. The predicted octanol–water partition coefficient (Wildman–Crippen LogP) is 2.12. The van der Waals surface area contributed by atoms with Crippen molar-refractivity contribution in [3.63, 3.8) is 0 Å². The molecular weight excluding hydrogens is 257 g/mol. The maximum Gasteiger partial charge on any atom is 0.397 e. The van der Waals surface area contributed by atoms with Crippen LogP contribution in [0.5, 0.6) is 0 Å². The molecule has 1 aliphatic rings. The summed E-state index contributed by atoms with van der Waals surface area (Å²) in [6.45, 7) is 0.266. The highest BCUT2D eigenvalue weighted by Crippen LogP contribution is 2.29. The smallest absolute Gasteiger partial charge is 0.315 e. The second-order valence-electron chi connectivity index (χ2n) is 4.61. The molecule has 1 aliphatic heterocycles.